The van der Waals surface area contributed by atoms with Crippen molar-refractivity contribution < 1.29 is 48.0 Å². The number of hydrogen-bond acceptors (Lipinski definition) is 10. The average molecular weight is 961 g/mol. The Morgan fingerprint density at radius 1 is 0.700 bits per heavy atom. The summed E-state index contributed by atoms with van der Waals surface area (Å²) >= 11 is 0. The molecule has 1 fully saturated rings. The molecule has 1 aliphatic rings. The fourth-order valence-electron chi connectivity index (χ4n) is 9.42. The lowest BCUT2D eigenvalue weighted by Gasteiger charge is -2.39. The van der Waals surface area contributed by atoms with Crippen LogP contribution in [0.3, 0.4) is 0 Å². The van der Waals surface area contributed by atoms with Crippen LogP contribution >= 0.6 is 0 Å². The van der Waals surface area contributed by atoms with Gasteiger partial charge >= 0.3 is 14.2 Å². The third kappa shape index (κ3) is 12.3. The Bertz CT molecular complexity index is 2570. The first-order chi connectivity index (χ1) is 32.6. The fraction of sp³-hybridized carbons (Fsp3) is 0.481. The van der Waals surface area contributed by atoms with E-state index in [-0.39, 0.29) is 29.6 Å². The van der Waals surface area contributed by atoms with Gasteiger partial charge in [-0.2, -0.15) is 0 Å². The van der Waals surface area contributed by atoms with Gasteiger partial charge in [0.15, 0.2) is 0 Å². The molecule has 4 amide bonds. The lowest BCUT2D eigenvalue weighted by molar-refractivity contribution is -0.0235. The van der Waals surface area contributed by atoms with Crippen molar-refractivity contribution in [2.75, 3.05) is 13.7 Å². The number of ether oxygens (including phenoxy) is 2. The summed E-state index contributed by atoms with van der Waals surface area (Å²) in [6.45, 7) is 29.4. The third-order valence-electron chi connectivity index (χ3n) is 13.7. The molecule has 16 heteroatoms. The first kappa shape index (κ1) is 55.3. The van der Waals surface area contributed by atoms with Gasteiger partial charge in [0.1, 0.15) is 11.5 Å². The van der Waals surface area contributed by atoms with E-state index < -0.39 is 60.0 Å². The number of methoxy groups -OCH3 is 1. The summed E-state index contributed by atoms with van der Waals surface area (Å²) in [5, 5.41) is 22.6. The van der Waals surface area contributed by atoms with Gasteiger partial charge in [-0.1, -0.05) is 90.8 Å². The molecular weight excluding hydrogens is 886 g/mol. The van der Waals surface area contributed by atoms with Gasteiger partial charge < -0.3 is 28.8 Å². The molecule has 4 N–H and O–H groups in total. The van der Waals surface area contributed by atoms with Gasteiger partial charge in [-0.05, 0) is 132 Å². The summed E-state index contributed by atoms with van der Waals surface area (Å²) in [4.78, 5) is 57.0. The van der Waals surface area contributed by atoms with E-state index in [1.54, 1.807) is 81.6 Å². The van der Waals surface area contributed by atoms with E-state index in [0.717, 1.165) is 5.56 Å². The average Bonchev–Trinajstić information content (AvgIpc) is 3.52. The smallest absolute Gasteiger partial charge is 0.494 e. The Kier molecular flexibility index (Phi) is 17.2. The zero-order valence-electron chi connectivity index (χ0n) is 44.1. The highest BCUT2D eigenvalue weighted by Gasteiger charge is 2.54. The number of hydrogen-bond donors (Lipinski definition) is 4. The van der Waals surface area contributed by atoms with Crippen molar-refractivity contribution in [3.05, 3.63) is 117 Å². The largest absolute Gasteiger partial charge is 0.496 e. The van der Waals surface area contributed by atoms with Crippen LogP contribution in [0.4, 0.5) is 0 Å². The van der Waals surface area contributed by atoms with Crippen molar-refractivity contribution in [1.29, 1.82) is 0 Å². The molecule has 3 atom stereocenters. The Hall–Kier alpha value is -5.67. The predicted octanol–water partition coefficient (Wildman–Crippen LogP) is 7.58. The summed E-state index contributed by atoms with van der Waals surface area (Å²) in [6, 6.07) is 19.8. The van der Waals surface area contributed by atoms with Gasteiger partial charge in [0.05, 0.1) is 37.0 Å². The minimum atomic E-state index is -1.77. The van der Waals surface area contributed by atoms with Gasteiger partial charge in [0, 0.05) is 39.8 Å². The summed E-state index contributed by atoms with van der Waals surface area (Å²) in [5.74, 6) is -0.735. The lowest BCUT2D eigenvalue weighted by Crippen LogP contribution is -2.56. The van der Waals surface area contributed by atoms with Gasteiger partial charge in [-0.15, -0.1) is 0 Å². The predicted molar refractivity (Wildman–Crippen MR) is 276 cm³/mol. The molecule has 4 aromatic rings. The Morgan fingerprint density at radius 3 is 1.64 bits per heavy atom. The molecular formula is C54H74B2N4O10. The van der Waals surface area contributed by atoms with Crippen LogP contribution < -0.4 is 31.3 Å². The molecule has 0 bridgehead atoms. The minimum Gasteiger partial charge on any atom is -0.496 e. The first-order valence-electron chi connectivity index (χ1n) is 24.2. The summed E-state index contributed by atoms with van der Waals surface area (Å²) in [5.41, 5.74) is 8.17. The highest BCUT2D eigenvalue weighted by Crippen LogP contribution is 2.40. The first-order valence-corrected chi connectivity index (χ1v) is 24.2. The Balaban J connectivity index is 1.35. The number of aryl methyl sites for hydroxylation is 2. The van der Waals surface area contributed by atoms with Crippen LogP contribution in [0.15, 0.2) is 72.8 Å². The number of rotatable bonds is 15. The number of nitrogens with one attached hydrogen (secondary N) is 2. The van der Waals surface area contributed by atoms with Crippen LogP contribution in [0.1, 0.15) is 159 Å². The molecule has 4 aromatic carbocycles. The molecule has 0 spiro atoms. The zero-order chi connectivity index (χ0) is 52.3. The van der Waals surface area contributed by atoms with Gasteiger partial charge in [-0.3, -0.25) is 30.0 Å². The maximum atomic E-state index is 14.7. The van der Waals surface area contributed by atoms with Crippen LogP contribution in [-0.4, -0.2) is 94.9 Å². The van der Waals surface area contributed by atoms with Crippen molar-refractivity contribution in [3.63, 3.8) is 0 Å². The van der Waals surface area contributed by atoms with E-state index in [0.29, 0.717) is 69.6 Å². The molecule has 5 rings (SSSR count). The molecule has 1 unspecified atom stereocenters. The molecule has 14 nitrogen and oxygen atoms in total. The number of benzene rings is 4. The number of carbonyl (C=O) groups excluding carboxylic acids is 4. The second kappa shape index (κ2) is 21.8. The highest BCUT2D eigenvalue weighted by atomic mass is 16.7. The van der Waals surface area contributed by atoms with Gasteiger partial charge in [0.2, 0.25) is 0 Å². The van der Waals surface area contributed by atoms with Crippen LogP contribution in [0.5, 0.6) is 11.5 Å². The molecule has 0 aromatic heterocycles. The summed E-state index contributed by atoms with van der Waals surface area (Å²) in [6.07, 6.45) is 1.51. The second-order valence-electron chi connectivity index (χ2n) is 21.4. The molecule has 1 saturated heterocycles. The van der Waals surface area contributed by atoms with E-state index >= 15 is 0 Å². The highest BCUT2D eigenvalue weighted by molar-refractivity contribution is 6.62. The van der Waals surface area contributed by atoms with E-state index in [9.17, 15) is 29.2 Å². The molecule has 0 radical (unpaired) electrons. The molecule has 0 saturated carbocycles. The number of hydrazine groups is 2. The number of nitrogens with zero attached hydrogens (tertiary/aromatic N) is 2. The Labute approximate surface area is 416 Å². The number of carbonyl (C=O) groups is 4. The van der Waals surface area contributed by atoms with Crippen molar-refractivity contribution in [2.45, 2.75) is 146 Å². The standard InChI is InChI=1S/C54H74B2N4O10/c1-17-45(51(7,8)9)59(49(63)37-27-33(3)29-39(31-37)55(65)66)58-48(62)42-22-20-24-44(36(42)6)68-26-25-54(15)53(13,14)69-56(70-54)40-30-34(4)28-38(32-40)50(64)60(46(18-2)52(10,11)12)57-47(61)41-21-19-23-43(67-16)35(41)5/h19-24,27-32,45-46,65-66H,17-18,25-26H2,1-16H3,(H,57,61)(H,58,62)/t45-,46-,54?/m1/s1. The van der Waals surface area contributed by atoms with Crippen molar-refractivity contribution in [3.8, 4) is 11.5 Å². The van der Waals surface area contributed by atoms with E-state index in [2.05, 4.69) is 10.9 Å². The summed E-state index contributed by atoms with van der Waals surface area (Å²) < 4.78 is 25.3. The van der Waals surface area contributed by atoms with Crippen LogP contribution in [0.25, 0.3) is 0 Å². The molecule has 0 aliphatic carbocycles. The second-order valence-corrected chi connectivity index (χ2v) is 21.4. The van der Waals surface area contributed by atoms with Gasteiger partial charge in [0.25, 0.3) is 23.6 Å². The SMILES string of the molecule is CC[C@@H](N(NC(=O)c1cccc(OC)c1C)C(=O)c1cc(C)cc(B2OC(C)(C)C(C)(CCOc3cccc(C(=O)NN(C(=O)c4cc(C)cc(B(O)O)c4)[C@H](CC)C(C)(C)C)c3C)O2)c1)C(C)(C)C. The molecule has 1 heterocycles. The van der Waals surface area contributed by atoms with E-state index in [1.807, 2.05) is 96.1 Å². The lowest BCUT2D eigenvalue weighted by atomic mass is 9.77. The van der Waals surface area contributed by atoms with Crippen LogP contribution in [0.2, 0.25) is 0 Å². The monoisotopic (exact) mass is 961 g/mol. The minimum absolute atomic E-state index is 0.172. The van der Waals surface area contributed by atoms with Crippen molar-refractivity contribution >= 4 is 48.8 Å². The van der Waals surface area contributed by atoms with Crippen LogP contribution in [0, 0.1) is 38.5 Å². The van der Waals surface area contributed by atoms with Gasteiger partial charge in [-0.25, -0.2) is 10.0 Å². The molecule has 70 heavy (non-hydrogen) atoms. The normalized spacial score (nSPS) is 16.5. The maximum Gasteiger partial charge on any atom is 0.494 e. The zero-order valence-corrected chi connectivity index (χ0v) is 44.1. The number of amides is 4. The van der Waals surface area contributed by atoms with E-state index in [1.165, 1.54) is 16.1 Å². The van der Waals surface area contributed by atoms with Crippen LogP contribution in [-0.2, 0) is 9.31 Å². The third-order valence-corrected chi connectivity index (χ3v) is 13.7. The van der Waals surface area contributed by atoms with E-state index in [4.69, 9.17) is 18.8 Å². The molecule has 1 aliphatic heterocycles. The van der Waals surface area contributed by atoms with Crippen molar-refractivity contribution in [1.82, 2.24) is 20.9 Å². The van der Waals surface area contributed by atoms with Crippen molar-refractivity contribution in [2.24, 2.45) is 10.8 Å². The Morgan fingerprint density at radius 2 is 1.17 bits per heavy atom. The maximum absolute atomic E-state index is 14.7. The fourth-order valence-corrected chi connectivity index (χ4v) is 9.42. The summed E-state index contributed by atoms with van der Waals surface area (Å²) in [7, 11) is -1.05. The topological polar surface area (TPSA) is 176 Å². The molecule has 376 valence electrons. The quantitative estimate of drug-likeness (QED) is 0.0687.